The van der Waals surface area contributed by atoms with Gasteiger partial charge < -0.3 is 20.1 Å². The molecule has 0 radical (unpaired) electrons. The number of rotatable bonds is 20. The average molecular weight is 509 g/mol. The van der Waals surface area contributed by atoms with E-state index in [0.717, 1.165) is 43.4 Å². The molecule has 0 aliphatic heterocycles. The Hall–Kier alpha value is -1.75. The van der Waals surface area contributed by atoms with Gasteiger partial charge in [-0.05, 0) is 55.0 Å². The topological polar surface area (TPSA) is 59.6 Å². The summed E-state index contributed by atoms with van der Waals surface area (Å²) < 4.78 is 24.3. The maximum Gasteiger partial charge on any atom is 0.242 e. The Labute approximate surface area is 216 Å². The Morgan fingerprint density at radius 2 is 2.00 bits per heavy atom. The first-order chi connectivity index (χ1) is 16.9. The minimum atomic E-state index is -0.420. The highest BCUT2D eigenvalue weighted by Crippen LogP contribution is 2.30. The van der Waals surface area contributed by atoms with Gasteiger partial charge in [0.2, 0.25) is 5.91 Å². The summed E-state index contributed by atoms with van der Waals surface area (Å²) >= 11 is 1.20. The number of ether oxygens (including phenoxy) is 2. The number of allylic oxidation sites excluding steroid dienone is 2. The minimum Gasteiger partial charge on any atom is -0.382 e. The minimum absolute atomic E-state index is 0.0303. The van der Waals surface area contributed by atoms with Crippen LogP contribution in [0, 0.1) is 17.6 Å². The first kappa shape index (κ1) is 31.3. The maximum absolute atomic E-state index is 13.7. The summed E-state index contributed by atoms with van der Waals surface area (Å²) in [5.74, 6) is 0.147. The first-order valence-corrected chi connectivity index (χ1v) is 13.7. The van der Waals surface area contributed by atoms with Crippen LogP contribution in [-0.2, 0) is 14.3 Å². The molecule has 0 spiro atoms. The van der Waals surface area contributed by atoms with Crippen molar-refractivity contribution in [2.45, 2.75) is 89.6 Å². The van der Waals surface area contributed by atoms with Crippen LogP contribution in [0.3, 0.4) is 0 Å². The molecule has 0 heterocycles. The highest BCUT2D eigenvalue weighted by Gasteiger charge is 2.25. The Morgan fingerprint density at radius 1 is 1.23 bits per heavy atom. The number of amides is 1. The molecule has 0 aromatic rings. The van der Waals surface area contributed by atoms with Crippen LogP contribution in [0.5, 0.6) is 0 Å². The first-order valence-electron chi connectivity index (χ1n) is 12.9. The summed E-state index contributed by atoms with van der Waals surface area (Å²) in [6.45, 7) is 11.6. The van der Waals surface area contributed by atoms with E-state index in [1.54, 1.807) is 13.2 Å². The van der Waals surface area contributed by atoms with Gasteiger partial charge >= 0.3 is 0 Å². The van der Waals surface area contributed by atoms with Gasteiger partial charge in [-0.25, -0.2) is 4.39 Å². The second-order valence-electron chi connectivity index (χ2n) is 9.17. The molecule has 1 unspecified atom stereocenters. The van der Waals surface area contributed by atoms with Crippen molar-refractivity contribution in [1.29, 1.82) is 0 Å². The van der Waals surface area contributed by atoms with Crippen molar-refractivity contribution in [2.75, 3.05) is 26.9 Å². The van der Waals surface area contributed by atoms with E-state index in [0.29, 0.717) is 44.8 Å². The van der Waals surface area contributed by atoms with Crippen LogP contribution in [0.2, 0.25) is 0 Å². The van der Waals surface area contributed by atoms with Crippen LogP contribution in [0.25, 0.3) is 0 Å². The van der Waals surface area contributed by atoms with E-state index in [4.69, 9.17) is 15.9 Å². The lowest BCUT2D eigenvalue weighted by Gasteiger charge is -2.27. The van der Waals surface area contributed by atoms with Gasteiger partial charge in [-0.15, -0.1) is 6.42 Å². The van der Waals surface area contributed by atoms with Crippen LogP contribution in [0.4, 0.5) is 4.39 Å². The second kappa shape index (κ2) is 19.4. The molecule has 1 rings (SSSR count). The predicted octanol–water partition coefficient (Wildman–Crippen LogP) is 6.24. The number of terminal acetylenes is 1. The summed E-state index contributed by atoms with van der Waals surface area (Å²) in [7, 11) is 1.62. The van der Waals surface area contributed by atoms with E-state index >= 15 is 0 Å². The fraction of sp³-hybridized carbons (Fsp3) is 0.679. The van der Waals surface area contributed by atoms with Crippen LogP contribution < -0.4 is 10.6 Å². The lowest BCUT2D eigenvalue weighted by molar-refractivity contribution is -0.123. The molecule has 0 saturated carbocycles. The second-order valence-corrected chi connectivity index (χ2v) is 10.1. The average Bonchev–Trinajstić information content (AvgIpc) is 2.83. The lowest BCUT2D eigenvalue weighted by atomic mass is 9.88. The molecular formula is C28H45FN2O3S. The van der Waals surface area contributed by atoms with Gasteiger partial charge in [-0.1, -0.05) is 58.3 Å². The summed E-state index contributed by atoms with van der Waals surface area (Å²) in [5.41, 5.74) is 0.660. The smallest absolute Gasteiger partial charge is 0.242 e. The molecule has 0 aromatic carbocycles. The zero-order chi connectivity index (χ0) is 25.9. The van der Waals surface area contributed by atoms with Crippen molar-refractivity contribution in [2.24, 2.45) is 5.92 Å². The molecule has 35 heavy (non-hydrogen) atoms. The van der Waals surface area contributed by atoms with Crippen LogP contribution in [0.15, 0.2) is 35.7 Å². The Bertz CT molecular complexity index is 719. The molecule has 1 amide bonds. The van der Waals surface area contributed by atoms with E-state index in [1.807, 2.05) is 0 Å². The zero-order valence-electron chi connectivity index (χ0n) is 21.7. The molecule has 0 bridgehead atoms. The van der Waals surface area contributed by atoms with E-state index in [2.05, 4.69) is 36.0 Å². The van der Waals surface area contributed by atoms with Crippen molar-refractivity contribution in [1.82, 2.24) is 10.6 Å². The molecule has 7 heteroatoms. The fourth-order valence-electron chi connectivity index (χ4n) is 4.16. The third-order valence-corrected chi connectivity index (χ3v) is 6.85. The third kappa shape index (κ3) is 14.4. The van der Waals surface area contributed by atoms with Gasteiger partial charge in [0, 0.05) is 24.1 Å². The van der Waals surface area contributed by atoms with Crippen molar-refractivity contribution < 1.29 is 18.7 Å². The monoisotopic (exact) mass is 508 g/mol. The van der Waals surface area contributed by atoms with E-state index < -0.39 is 6.04 Å². The van der Waals surface area contributed by atoms with Crippen LogP contribution >= 0.6 is 11.8 Å². The van der Waals surface area contributed by atoms with Gasteiger partial charge in [0.25, 0.3) is 0 Å². The summed E-state index contributed by atoms with van der Waals surface area (Å²) in [6.07, 6.45) is 17.1. The van der Waals surface area contributed by atoms with Gasteiger partial charge in [-0.3, -0.25) is 4.79 Å². The highest BCUT2D eigenvalue weighted by atomic mass is 32.2. The van der Waals surface area contributed by atoms with Crippen molar-refractivity contribution in [3.05, 3.63) is 35.7 Å². The summed E-state index contributed by atoms with van der Waals surface area (Å²) in [5, 5.41) is 8.98. The molecule has 0 fully saturated rings. The largest absolute Gasteiger partial charge is 0.382 e. The fourth-order valence-corrected chi connectivity index (χ4v) is 4.64. The highest BCUT2D eigenvalue weighted by molar-refractivity contribution is 8.07. The normalized spacial score (nSPS) is 17.1. The molecule has 3 atom stereocenters. The molecule has 1 aliphatic rings. The predicted molar refractivity (Wildman–Crippen MR) is 145 cm³/mol. The number of hydrogen-bond donors (Lipinski definition) is 2. The van der Waals surface area contributed by atoms with E-state index in [1.165, 1.54) is 24.6 Å². The number of carbonyl (C=O) groups is 1. The molecule has 2 N–H and O–H groups in total. The van der Waals surface area contributed by atoms with Gasteiger partial charge in [0.05, 0.1) is 31.7 Å². The number of halogens is 1. The number of nitrogens with one attached hydrogen (secondary N) is 2. The maximum atomic E-state index is 13.7. The number of thioether (sulfide) groups is 1. The number of hydrogen-bond acceptors (Lipinski definition) is 5. The van der Waals surface area contributed by atoms with Crippen LogP contribution in [0.1, 0.15) is 77.6 Å². The molecule has 1 aliphatic carbocycles. The van der Waals surface area contributed by atoms with Crippen molar-refractivity contribution in [3.63, 3.8) is 0 Å². The molecule has 5 nitrogen and oxygen atoms in total. The molecule has 0 saturated heterocycles. The Morgan fingerprint density at radius 3 is 2.69 bits per heavy atom. The summed E-state index contributed by atoms with van der Waals surface area (Å²) in [6, 6.07) is -0.690. The van der Waals surface area contributed by atoms with E-state index in [9.17, 15) is 9.18 Å². The van der Waals surface area contributed by atoms with Crippen molar-refractivity contribution in [3.8, 4) is 11.7 Å². The molecular weight excluding hydrogens is 463 g/mol. The van der Waals surface area contributed by atoms with E-state index in [-0.39, 0.29) is 23.7 Å². The number of carbonyl (C=O) groups excluding carboxylic acids is 1. The summed E-state index contributed by atoms with van der Waals surface area (Å²) in [4.78, 5) is 14.1. The number of unbranched alkanes of at least 4 members (excludes halogenated alkanes) is 4. The standard InChI is InChI=1S/C28H45FN2O3S/c1-6-8-9-10-11-15-27(30-22(3)21-34-19-18-33-5)28(32)31-26(23(4)35-7-2)17-16-24-13-12-14-25(29)20-24/h2,14,24,26-27,30H,3-4,6,8-13,15-21H2,1,5H3,(H,31,32)/t24?,26-,27-/m0/s1. The molecule has 198 valence electrons. The third-order valence-electron chi connectivity index (χ3n) is 6.18. The van der Waals surface area contributed by atoms with Gasteiger partial charge in [0.15, 0.2) is 0 Å². The zero-order valence-corrected chi connectivity index (χ0v) is 22.5. The Kier molecular flexibility index (Phi) is 17.4. The van der Waals surface area contributed by atoms with Gasteiger partial charge in [-0.2, -0.15) is 0 Å². The lowest BCUT2D eigenvalue weighted by Crippen LogP contribution is -2.48. The van der Waals surface area contributed by atoms with Crippen molar-refractivity contribution >= 4 is 17.7 Å². The Balaban J connectivity index is 2.75. The van der Waals surface area contributed by atoms with Gasteiger partial charge in [0.1, 0.15) is 6.04 Å². The number of methoxy groups -OCH3 is 1. The van der Waals surface area contributed by atoms with Crippen LogP contribution in [-0.4, -0.2) is 44.9 Å². The molecule has 0 aromatic heterocycles. The quantitative estimate of drug-likeness (QED) is 0.151. The SMILES string of the molecule is C#CSC(=C)[C@H](CCC1CCC=C(F)C1)NC(=O)[C@H](CCCCCCC)NC(=C)COCCOC.